The number of ether oxygens (including phenoxy) is 2. The van der Waals surface area contributed by atoms with Crippen molar-refractivity contribution >= 4 is 17.5 Å². The first-order valence-electron chi connectivity index (χ1n) is 13.6. The van der Waals surface area contributed by atoms with Gasteiger partial charge in [0.25, 0.3) is 0 Å². The van der Waals surface area contributed by atoms with Crippen molar-refractivity contribution < 1.29 is 24.2 Å². The third-order valence-electron chi connectivity index (χ3n) is 4.99. The van der Waals surface area contributed by atoms with Crippen molar-refractivity contribution in [1.29, 1.82) is 0 Å². The average molecular weight is 528 g/mol. The van der Waals surface area contributed by atoms with Crippen LogP contribution in [0.4, 0.5) is 0 Å². The fourth-order valence-electron chi connectivity index (χ4n) is 3.44. The van der Waals surface area contributed by atoms with Gasteiger partial charge in [0.15, 0.2) is 0 Å². The molecule has 2 aliphatic carbocycles. The third-order valence-corrected chi connectivity index (χ3v) is 4.99. The molecule has 38 heavy (non-hydrogen) atoms. The van der Waals surface area contributed by atoms with Crippen molar-refractivity contribution in [3.63, 3.8) is 0 Å². The maximum absolute atomic E-state index is 11.2. The number of esters is 2. The molecule has 210 valence electrons. The first kappa shape index (κ1) is 34.6. The molecule has 0 unspecified atom stereocenters. The van der Waals surface area contributed by atoms with Crippen LogP contribution in [0.5, 0.6) is 0 Å². The van der Waals surface area contributed by atoms with Gasteiger partial charge >= 0.3 is 11.9 Å². The van der Waals surface area contributed by atoms with E-state index >= 15 is 0 Å². The first-order chi connectivity index (χ1) is 18.4. The molecule has 3 rings (SSSR count). The molecule has 2 aliphatic rings. The Bertz CT molecular complexity index is 1010. The van der Waals surface area contributed by atoms with Gasteiger partial charge in [0, 0.05) is 32.6 Å². The van der Waals surface area contributed by atoms with Gasteiger partial charge in [-0.25, -0.2) is 0 Å². The van der Waals surface area contributed by atoms with Crippen LogP contribution < -0.4 is 0 Å². The molecule has 1 N–H and O–H groups in total. The maximum atomic E-state index is 11.2. The molecule has 0 saturated carbocycles. The summed E-state index contributed by atoms with van der Waals surface area (Å²) in [4.78, 5) is 21.8. The molecule has 1 aromatic heterocycles. The third kappa shape index (κ3) is 13.8. The van der Waals surface area contributed by atoms with Crippen LogP contribution in [0.25, 0.3) is 5.57 Å². The lowest BCUT2D eigenvalue weighted by molar-refractivity contribution is -0.137. The normalized spacial score (nSPS) is 13.6. The van der Waals surface area contributed by atoms with E-state index in [1.807, 2.05) is 62.9 Å². The molecule has 0 radical (unpaired) electrons. The summed E-state index contributed by atoms with van der Waals surface area (Å²) in [5.41, 5.74) is 2.26. The Labute approximate surface area is 228 Å². The van der Waals surface area contributed by atoms with Crippen LogP contribution in [0.2, 0.25) is 0 Å². The number of hydrogen-bond donors (Lipinski definition) is 1. The van der Waals surface area contributed by atoms with Gasteiger partial charge in [-0.15, -0.1) is 11.5 Å². The van der Waals surface area contributed by atoms with Gasteiger partial charge in [-0.2, -0.15) is 0 Å². The minimum Gasteiger partial charge on any atom is -0.426 e. The Balaban J connectivity index is 0.000000723. The van der Waals surface area contributed by atoms with Crippen molar-refractivity contribution in [3.05, 3.63) is 53.3 Å². The highest BCUT2D eigenvalue weighted by molar-refractivity contribution is 5.80. The summed E-state index contributed by atoms with van der Waals surface area (Å²) in [6.07, 6.45) is 22.3. The topological polar surface area (TPSA) is 104 Å². The zero-order valence-corrected chi connectivity index (χ0v) is 24.0. The lowest BCUT2D eigenvalue weighted by Gasteiger charge is -2.13. The fourth-order valence-corrected chi connectivity index (χ4v) is 3.44. The van der Waals surface area contributed by atoms with E-state index in [2.05, 4.69) is 16.2 Å². The Morgan fingerprint density at radius 2 is 1.45 bits per heavy atom. The second-order valence-corrected chi connectivity index (χ2v) is 7.86. The molecule has 8 nitrogen and oxygen atoms in total. The number of allylic oxidation sites excluding steroid dienone is 6. The van der Waals surface area contributed by atoms with Crippen molar-refractivity contribution in [2.24, 2.45) is 0 Å². The molecule has 0 amide bonds. The number of terminal acetylenes is 1. The van der Waals surface area contributed by atoms with Crippen molar-refractivity contribution in [2.75, 3.05) is 6.61 Å². The summed E-state index contributed by atoms with van der Waals surface area (Å²) in [5, 5.41) is 17.1. The summed E-state index contributed by atoms with van der Waals surface area (Å²) in [6.45, 7) is 11.8. The SMILES string of the molecule is C#CC1=CCCC=C1OC(C)=O.CC.CC.CC(=O)OC1=CCCC=C1c1cn(CCCCCCO)nn1. The van der Waals surface area contributed by atoms with E-state index in [1.165, 1.54) is 13.8 Å². The molecule has 1 aromatic rings. The van der Waals surface area contributed by atoms with Gasteiger partial charge in [-0.1, -0.05) is 63.8 Å². The predicted octanol–water partition coefficient (Wildman–Crippen LogP) is 6.29. The number of hydrogen-bond acceptors (Lipinski definition) is 7. The van der Waals surface area contributed by atoms with Crippen LogP contribution in [0.3, 0.4) is 0 Å². The highest BCUT2D eigenvalue weighted by Gasteiger charge is 2.17. The fraction of sp³-hybridized carbons (Fsp3) is 0.533. The Morgan fingerprint density at radius 1 is 0.895 bits per heavy atom. The molecule has 0 spiro atoms. The highest BCUT2D eigenvalue weighted by atomic mass is 16.5. The van der Waals surface area contributed by atoms with Gasteiger partial charge < -0.3 is 14.6 Å². The minimum absolute atomic E-state index is 0.257. The van der Waals surface area contributed by atoms with E-state index < -0.39 is 0 Å². The summed E-state index contributed by atoms with van der Waals surface area (Å²) >= 11 is 0. The molecular formula is C30H45N3O5. The quantitative estimate of drug-likeness (QED) is 0.228. The number of aromatic nitrogens is 3. The van der Waals surface area contributed by atoms with E-state index in [-0.39, 0.29) is 18.5 Å². The highest BCUT2D eigenvalue weighted by Crippen LogP contribution is 2.27. The number of unbranched alkanes of at least 4 members (excludes halogenated alkanes) is 3. The molecule has 0 bridgehead atoms. The smallest absolute Gasteiger partial charge is 0.308 e. The number of nitrogens with zero attached hydrogens (tertiary/aromatic N) is 3. The second-order valence-electron chi connectivity index (χ2n) is 7.86. The number of carbonyl (C=O) groups is 2. The van der Waals surface area contributed by atoms with Gasteiger partial charge in [0.05, 0.1) is 11.8 Å². The molecule has 1 heterocycles. The average Bonchev–Trinajstić information content (AvgIpc) is 3.40. The number of aliphatic hydroxyl groups excluding tert-OH is 1. The Hall–Kier alpha value is -3.44. The van der Waals surface area contributed by atoms with Crippen LogP contribution in [0.15, 0.2) is 47.6 Å². The second kappa shape index (κ2) is 21.6. The summed E-state index contributed by atoms with van der Waals surface area (Å²) in [7, 11) is 0. The molecule has 8 heteroatoms. The van der Waals surface area contributed by atoms with Crippen LogP contribution >= 0.6 is 0 Å². The molecule has 0 atom stereocenters. The van der Waals surface area contributed by atoms with E-state index in [9.17, 15) is 9.59 Å². The van der Waals surface area contributed by atoms with Gasteiger partial charge in [-0.05, 0) is 50.7 Å². The number of aliphatic hydroxyl groups is 1. The minimum atomic E-state index is -0.329. The van der Waals surface area contributed by atoms with Crippen LogP contribution in [0, 0.1) is 12.3 Å². The number of aryl methyl sites for hydroxylation is 1. The van der Waals surface area contributed by atoms with Gasteiger partial charge in [0.2, 0.25) is 0 Å². The standard InChI is InChI=1S/C16H23N3O3.C10H10O2.2C2H6/c1-13(21)22-16-9-5-4-8-14(16)15-12-19(18-17-15)10-6-2-3-7-11-20;1-3-9-6-4-5-7-10(9)12-8(2)11;2*1-2/h8-9,12,20H,2-7,10-11H2,1H3;1,6-7H,4-5H2,2H3;2*1-2H3. The monoisotopic (exact) mass is 527 g/mol. The van der Waals surface area contributed by atoms with Crippen LogP contribution in [-0.4, -0.2) is 38.6 Å². The van der Waals surface area contributed by atoms with Gasteiger partial charge in [-0.3, -0.25) is 14.3 Å². The molecule has 0 fully saturated rings. The molecule has 0 aromatic carbocycles. The lowest BCUT2D eigenvalue weighted by Crippen LogP contribution is -2.04. The lowest BCUT2D eigenvalue weighted by atomic mass is 10.0. The van der Waals surface area contributed by atoms with Gasteiger partial charge in [0.1, 0.15) is 17.2 Å². The van der Waals surface area contributed by atoms with E-state index in [1.54, 1.807) is 0 Å². The van der Waals surface area contributed by atoms with E-state index in [4.69, 9.17) is 21.0 Å². The van der Waals surface area contributed by atoms with E-state index in [0.717, 1.165) is 69.2 Å². The first-order valence-corrected chi connectivity index (χ1v) is 13.6. The number of carbonyl (C=O) groups excluding carboxylic acids is 2. The van der Waals surface area contributed by atoms with Crippen LogP contribution in [-0.2, 0) is 25.6 Å². The zero-order valence-electron chi connectivity index (χ0n) is 24.0. The predicted molar refractivity (Wildman–Crippen MR) is 151 cm³/mol. The summed E-state index contributed by atoms with van der Waals surface area (Å²) in [6, 6.07) is 0. The number of rotatable bonds is 9. The molecule has 0 aliphatic heterocycles. The van der Waals surface area contributed by atoms with Crippen molar-refractivity contribution in [3.8, 4) is 12.3 Å². The largest absolute Gasteiger partial charge is 0.426 e. The van der Waals surface area contributed by atoms with Crippen molar-refractivity contribution in [2.45, 2.75) is 99.5 Å². The van der Waals surface area contributed by atoms with E-state index in [0.29, 0.717) is 17.1 Å². The molecule has 0 saturated heterocycles. The summed E-state index contributed by atoms with van der Waals surface area (Å²) in [5.74, 6) is 2.92. The maximum Gasteiger partial charge on any atom is 0.308 e. The Kier molecular flexibility index (Phi) is 19.7. The summed E-state index contributed by atoms with van der Waals surface area (Å²) < 4.78 is 12.0. The van der Waals surface area contributed by atoms with Crippen molar-refractivity contribution in [1.82, 2.24) is 15.0 Å². The zero-order chi connectivity index (χ0) is 28.8. The Morgan fingerprint density at radius 3 is 2.05 bits per heavy atom. The van der Waals surface area contributed by atoms with Crippen LogP contribution in [0.1, 0.15) is 98.6 Å². The molecular weight excluding hydrogens is 482 g/mol.